The Morgan fingerprint density at radius 3 is 2.42 bits per heavy atom. The molecular weight excluding hydrogens is 412 g/mol. The first kappa shape index (κ1) is 21.1. The number of methoxy groups -OCH3 is 1. The van der Waals surface area contributed by atoms with Crippen LogP contribution in [0.5, 0.6) is 5.75 Å². The summed E-state index contributed by atoms with van der Waals surface area (Å²) < 4.78 is 33.0. The third-order valence-electron chi connectivity index (χ3n) is 5.42. The number of fused-ring (bicyclic) bond motifs is 1. The van der Waals surface area contributed by atoms with E-state index in [2.05, 4.69) is 4.72 Å². The van der Waals surface area contributed by atoms with Gasteiger partial charge in [-0.05, 0) is 66.9 Å². The molecule has 0 aromatic heterocycles. The van der Waals surface area contributed by atoms with Gasteiger partial charge >= 0.3 is 0 Å². The van der Waals surface area contributed by atoms with Crippen molar-refractivity contribution in [1.29, 1.82) is 0 Å². The minimum absolute atomic E-state index is 0.0845. The molecule has 1 N–H and O–H groups in total. The van der Waals surface area contributed by atoms with Gasteiger partial charge < -0.3 is 9.64 Å². The molecule has 160 valence electrons. The second-order valence-corrected chi connectivity index (χ2v) is 9.30. The zero-order valence-electron chi connectivity index (χ0n) is 17.5. The fourth-order valence-corrected chi connectivity index (χ4v) is 4.63. The van der Waals surface area contributed by atoms with Crippen molar-refractivity contribution in [3.8, 4) is 5.75 Å². The van der Waals surface area contributed by atoms with E-state index in [0.717, 1.165) is 28.8 Å². The molecule has 1 aliphatic heterocycles. The molecule has 0 aliphatic carbocycles. The molecule has 0 fully saturated rings. The Labute approximate surface area is 182 Å². The summed E-state index contributed by atoms with van der Waals surface area (Å²) >= 11 is 0. The number of benzene rings is 3. The molecule has 0 atom stereocenters. The van der Waals surface area contributed by atoms with Crippen LogP contribution in [0.15, 0.2) is 71.6 Å². The van der Waals surface area contributed by atoms with E-state index in [9.17, 15) is 13.2 Å². The van der Waals surface area contributed by atoms with Crippen molar-refractivity contribution >= 4 is 21.6 Å². The number of nitrogens with zero attached hydrogens (tertiary/aromatic N) is 1. The first-order valence-electron chi connectivity index (χ1n) is 10.0. The van der Waals surface area contributed by atoms with Crippen LogP contribution >= 0.6 is 0 Å². The van der Waals surface area contributed by atoms with E-state index in [-0.39, 0.29) is 17.3 Å². The van der Waals surface area contributed by atoms with Crippen molar-refractivity contribution in [2.45, 2.75) is 24.8 Å². The molecule has 1 aliphatic rings. The Morgan fingerprint density at radius 2 is 1.74 bits per heavy atom. The van der Waals surface area contributed by atoms with Crippen molar-refractivity contribution < 1.29 is 17.9 Å². The molecule has 1 heterocycles. The van der Waals surface area contributed by atoms with Crippen molar-refractivity contribution in [2.24, 2.45) is 0 Å². The summed E-state index contributed by atoms with van der Waals surface area (Å²) in [6.45, 7) is 2.65. The van der Waals surface area contributed by atoms with Gasteiger partial charge in [-0.2, -0.15) is 0 Å². The maximum atomic E-state index is 13.0. The molecule has 0 radical (unpaired) electrons. The van der Waals surface area contributed by atoms with Gasteiger partial charge in [-0.1, -0.05) is 29.8 Å². The van der Waals surface area contributed by atoms with Gasteiger partial charge in [0.25, 0.3) is 5.91 Å². The van der Waals surface area contributed by atoms with Crippen LogP contribution in [0.1, 0.15) is 27.0 Å². The molecule has 31 heavy (non-hydrogen) atoms. The van der Waals surface area contributed by atoms with E-state index in [1.54, 1.807) is 60.5 Å². The van der Waals surface area contributed by atoms with E-state index in [1.807, 2.05) is 25.1 Å². The first-order valence-corrected chi connectivity index (χ1v) is 11.5. The summed E-state index contributed by atoms with van der Waals surface area (Å²) in [5, 5.41) is 0. The number of ether oxygens (including phenoxy) is 1. The molecular formula is C24H24N2O4S. The molecule has 0 unspecified atom stereocenters. The molecule has 0 bridgehead atoms. The lowest BCUT2D eigenvalue weighted by molar-refractivity contribution is 0.0989. The molecule has 4 rings (SSSR count). The summed E-state index contributed by atoms with van der Waals surface area (Å²) in [7, 11) is -2.03. The Balaban J connectivity index is 1.51. The number of nitrogens with one attached hydrogen (secondary N) is 1. The van der Waals surface area contributed by atoms with E-state index >= 15 is 0 Å². The molecule has 1 amide bonds. The van der Waals surface area contributed by atoms with Gasteiger partial charge in [0.15, 0.2) is 0 Å². The predicted molar refractivity (Wildman–Crippen MR) is 120 cm³/mol. The average Bonchev–Trinajstić information content (AvgIpc) is 3.21. The van der Waals surface area contributed by atoms with Crippen LogP contribution in [0.2, 0.25) is 0 Å². The maximum absolute atomic E-state index is 13.0. The van der Waals surface area contributed by atoms with Crippen LogP contribution in [-0.4, -0.2) is 28.0 Å². The van der Waals surface area contributed by atoms with Crippen molar-refractivity contribution in [3.63, 3.8) is 0 Å². The Bertz CT molecular complexity index is 1200. The number of hydrogen-bond acceptors (Lipinski definition) is 4. The highest BCUT2D eigenvalue weighted by atomic mass is 32.2. The number of carbonyl (C=O) groups is 1. The lowest BCUT2D eigenvalue weighted by Gasteiger charge is -2.18. The van der Waals surface area contributed by atoms with E-state index in [4.69, 9.17) is 4.74 Å². The summed E-state index contributed by atoms with van der Waals surface area (Å²) in [6, 6.07) is 19.5. The quantitative estimate of drug-likeness (QED) is 0.640. The highest BCUT2D eigenvalue weighted by Crippen LogP contribution is 2.31. The second kappa shape index (κ2) is 8.53. The summed E-state index contributed by atoms with van der Waals surface area (Å²) in [4.78, 5) is 15.0. The zero-order chi connectivity index (χ0) is 22.0. The number of amides is 1. The van der Waals surface area contributed by atoms with Crippen LogP contribution in [0.25, 0.3) is 0 Å². The SMILES string of the molecule is COc1ccc(C(=O)N2CCc3ccc(CNS(=O)(=O)c4ccc(C)cc4)cc32)cc1. The Hall–Kier alpha value is -3.16. The van der Waals surface area contributed by atoms with Gasteiger partial charge in [0.1, 0.15) is 5.75 Å². The molecule has 0 saturated carbocycles. The third-order valence-corrected chi connectivity index (χ3v) is 6.84. The zero-order valence-corrected chi connectivity index (χ0v) is 18.3. The number of rotatable bonds is 6. The molecule has 7 heteroatoms. The predicted octanol–water partition coefficient (Wildman–Crippen LogP) is 3.69. The molecule has 0 spiro atoms. The number of carbonyl (C=O) groups excluding carboxylic acids is 1. The van der Waals surface area contributed by atoms with Gasteiger partial charge in [-0.25, -0.2) is 13.1 Å². The molecule has 3 aromatic rings. The Morgan fingerprint density at radius 1 is 1.03 bits per heavy atom. The van der Waals surface area contributed by atoms with Crippen molar-refractivity contribution in [3.05, 3.63) is 89.0 Å². The highest BCUT2D eigenvalue weighted by Gasteiger charge is 2.26. The second-order valence-electron chi connectivity index (χ2n) is 7.54. The summed E-state index contributed by atoms with van der Waals surface area (Å²) in [5.74, 6) is 0.611. The van der Waals surface area contributed by atoms with Gasteiger partial charge in [-0.15, -0.1) is 0 Å². The Kier molecular flexibility index (Phi) is 5.80. The van der Waals surface area contributed by atoms with Crippen LogP contribution < -0.4 is 14.4 Å². The summed E-state index contributed by atoms with van der Waals surface area (Å²) in [5.41, 5.74) is 4.28. The van der Waals surface area contributed by atoms with E-state index < -0.39 is 10.0 Å². The van der Waals surface area contributed by atoms with Crippen LogP contribution in [0.4, 0.5) is 5.69 Å². The normalized spacial score (nSPS) is 13.2. The van der Waals surface area contributed by atoms with Gasteiger partial charge in [-0.3, -0.25) is 4.79 Å². The van der Waals surface area contributed by atoms with Gasteiger partial charge in [0.2, 0.25) is 10.0 Å². The number of sulfonamides is 1. The van der Waals surface area contributed by atoms with Crippen LogP contribution in [-0.2, 0) is 23.0 Å². The molecule has 0 saturated heterocycles. The van der Waals surface area contributed by atoms with Gasteiger partial charge in [0.05, 0.1) is 12.0 Å². The fourth-order valence-electron chi connectivity index (χ4n) is 3.61. The standard InChI is InChI=1S/C24H24N2O4S/c1-17-3-11-22(12-4-17)31(28,29)25-16-18-5-6-19-13-14-26(23(19)15-18)24(27)20-7-9-21(30-2)10-8-20/h3-12,15,25H,13-14,16H2,1-2H3. The van der Waals surface area contributed by atoms with E-state index in [1.165, 1.54) is 0 Å². The highest BCUT2D eigenvalue weighted by molar-refractivity contribution is 7.89. The van der Waals surface area contributed by atoms with E-state index in [0.29, 0.717) is 17.9 Å². The monoisotopic (exact) mass is 436 g/mol. The lowest BCUT2D eigenvalue weighted by Crippen LogP contribution is -2.29. The third kappa shape index (κ3) is 4.47. The summed E-state index contributed by atoms with van der Waals surface area (Å²) in [6.07, 6.45) is 0.770. The maximum Gasteiger partial charge on any atom is 0.258 e. The topological polar surface area (TPSA) is 75.7 Å². The van der Waals surface area contributed by atoms with Gasteiger partial charge in [0, 0.05) is 24.3 Å². The van der Waals surface area contributed by atoms with Crippen molar-refractivity contribution in [1.82, 2.24) is 4.72 Å². The molecule has 6 nitrogen and oxygen atoms in total. The van der Waals surface area contributed by atoms with Crippen LogP contribution in [0, 0.1) is 6.92 Å². The smallest absolute Gasteiger partial charge is 0.258 e. The molecule has 3 aromatic carbocycles. The number of hydrogen-bond donors (Lipinski definition) is 1. The first-order chi connectivity index (χ1) is 14.9. The lowest BCUT2D eigenvalue weighted by atomic mass is 10.1. The minimum Gasteiger partial charge on any atom is -0.497 e. The minimum atomic E-state index is -3.61. The fraction of sp³-hybridized carbons (Fsp3) is 0.208. The van der Waals surface area contributed by atoms with Crippen molar-refractivity contribution in [2.75, 3.05) is 18.6 Å². The van der Waals surface area contributed by atoms with Crippen LogP contribution in [0.3, 0.4) is 0 Å². The number of anilines is 1. The largest absolute Gasteiger partial charge is 0.497 e. The average molecular weight is 437 g/mol. The number of aryl methyl sites for hydroxylation is 1.